The molecule has 184 valence electrons. The van der Waals surface area contributed by atoms with Crippen LogP contribution in [0, 0.1) is 13.8 Å². The highest BCUT2D eigenvalue weighted by Gasteiger charge is 2.34. The van der Waals surface area contributed by atoms with Gasteiger partial charge in [0.05, 0.1) is 0 Å². The second kappa shape index (κ2) is 11.9. The van der Waals surface area contributed by atoms with E-state index >= 15 is 0 Å². The second-order valence-corrected chi connectivity index (χ2v) is 9.66. The fourth-order valence-electron chi connectivity index (χ4n) is 3.55. The number of benzene rings is 2. The molecule has 0 heterocycles. The lowest BCUT2D eigenvalue weighted by Crippen LogP contribution is -2.52. The van der Waals surface area contributed by atoms with Gasteiger partial charge in [-0.05, 0) is 51.3 Å². The number of carbonyl (C=O) groups excluding carboxylic acids is 3. The van der Waals surface area contributed by atoms with Crippen molar-refractivity contribution in [3.63, 3.8) is 0 Å². The molecule has 0 spiro atoms. The van der Waals surface area contributed by atoms with Crippen LogP contribution in [0.25, 0.3) is 0 Å². The number of nitrogens with zero attached hydrogens (tertiary/aromatic N) is 1. The van der Waals surface area contributed by atoms with E-state index in [9.17, 15) is 14.4 Å². The van der Waals surface area contributed by atoms with Gasteiger partial charge in [-0.3, -0.25) is 9.59 Å². The minimum atomic E-state index is -0.960. The topological polar surface area (TPSA) is 87.7 Å². The monoisotopic (exact) mass is 485 g/mol. The third-order valence-corrected chi connectivity index (χ3v) is 5.55. The zero-order valence-corrected chi connectivity index (χ0v) is 21.6. The zero-order chi connectivity index (χ0) is 25.5. The second-order valence-electron chi connectivity index (χ2n) is 9.30. The molecular formula is C26H35N3O4S. The molecule has 8 heteroatoms. The van der Waals surface area contributed by atoms with Crippen LogP contribution in [-0.2, 0) is 20.9 Å². The lowest BCUT2D eigenvalue weighted by atomic mass is 9.97. The summed E-state index contributed by atoms with van der Waals surface area (Å²) in [6.45, 7) is 9.43. The summed E-state index contributed by atoms with van der Waals surface area (Å²) in [5.74, 6) is -0.712. The summed E-state index contributed by atoms with van der Waals surface area (Å²) < 4.78 is 5.28. The van der Waals surface area contributed by atoms with Crippen molar-refractivity contribution < 1.29 is 19.1 Å². The zero-order valence-electron chi connectivity index (χ0n) is 20.7. The maximum absolute atomic E-state index is 13.4. The first kappa shape index (κ1) is 27.2. The smallest absolute Gasteiger partial charge is 0.408 e. The molecule has 3 amide bonds. The van der Waals surface area contributed by atoms with Gasteiger partial charge < -0.3 is 20.3 Å². The Bertz CT molecular complexity index is 1000. The van der Waals surface area contributed by atoms with Crippen LogP contribution in [-0.4, -0.2) is 47.3 Å². The molecular weight excluding hydrogens is 450 g/mol. The minimum Gasteiger partial charge on any atom is -0.444 e. The Labute approximate surface area is 207 Å². The van der Waals surface area contributed by atoms with Crippen LogP contribution >= 0.6 is 12.6 Å². The van der Waals surface area contributed by atoms with Crippen molar-refractivity contribution >= 4 is 30.5 Å². The summed E-state index contributed by atoms with van der Waals surface area (Å²) in [7, 11) is 1.56. The van der Waals surface area contributed by atoms with Crippen molar-refractivity contribution in [3.8, 4) is 0 Å². The first-order valence-electron chi connectivity index (χ1n) is 11.2. The molecule has 2 aromatic carbocycles. The Balaban J connectivity index is 2.29. The van der Waals surface area contributed by atoms with Crippen LogP contribution in [0.3, 0.4) is 0 Å². The van der Waals surface area contributed by atoms with Gasteiger partial charge in [-0.1, -0.05) is 54.1 Å². The summed E-state index contributed by atoms with van der Waals surface area (Å²) in [4.78, 5) is 40.4. The van der Waals surface area contributed by atoms with E-state index in [0.29, 0.717) is 12.1 Å². The van der Waals surface area contributed by atoms with Crippen LogP contribution in [0.1, 0.15) is 49.1 Å². The van der Waals surface area contributed by atoms with Crippen molar-refractivity contribution in [2.75, 3.05) is 12.8 Å². The maximum atomic E-state index is 13.4. The van der Waals surface area contributed by atoms with Crippen LogP contribution in [0.5, 0.6) is 0 Å². The van der Waals surface area contributed by atoms with Crippen LogP contribution < -0.4 is 10.6 Å². The molecule has 0 aliphatic rings. The Morgan fingerprint density at radius 3 is 2.26 bits per heavy atom. The lowest BCUT2D eigenvalue weighted by Gasteiger charge is -2.32. The van der Waals surface area contributed by atoms with Gasteiger partial charge in [-0.15, -0.1) is 0 Å². The number of rotatable bonds is 8. The molecule has 2 rings (SSSR count). The van der Waals surface area contributed by atoms with Gasteiger partial charge in [-0.2, -0.15) is 12.6 Å². The van der Waals surface area contributed by atoms with Crippen molar-refractivity contribution in [3.05, 3.63) is 70.8 Å². The third-order valence-electron chi connectivity index (χ3n) is 5.18. The molecule has 0 aliphatic heterocycles. The largest absolute Gasteiger partial charge is 0.444 e. The summed E-state index contributed by atoms with van der Waals surface area (Å²) in [5, 5.41) is 5.51. The molecule has 2 unspecified atom stereocenters. The number of ether oxygens (including phenoxy) is 1. The van der Waals surface area contributed by atoms with Crippen molar-refractivity contribution in [2.24, 2.45) is 0 Å². The predicted octanol–water partition coefficient (Wildman–Crippen LogP) is 3.94. The van der Waals surface area contributed by atoms with Gasteiger partial charge in [0.1, 0.15) is 17.7 Å². The standard InChI is InChI=1S/C26H35N3O4S/c1-17-12-13-20(18(2)14-17)22(23(30)27-15-19-10-8-7-9-11-19)29(6)24(31)21(16-34)28-25(32)33-26(3,4)5/h7-14,21-22,34H,15-16H2,1-6H3,(H,27,30)(H,28,32). The highest BCUT2D eigenvalue weighted by atomic mass is 32.1. The Morgan fingerprint density at radius 2 is 1.71 bits per heavy atom. The number of aryl methyl sites for hydroxylation is 2. The first-order chi connectivity index (χ1) is 15.9. The van der Waals surface area contributed by atoms with Gasteiger partial charge >= 0.3 is 6.09 Å². The summed E-state index contributed by atoms with van der Waals surface area (Å²) in [6, 6.07) is 13.4. The predicted molar refractivity (Wildman–Crippen MR) is 137 cm³/mol. The number of nitrogens with one attached hydrogen (secondary N) is 2. The fraction of sp³-hybridized carbons (Fsp3) is 0.423. The quantitative estimate of drug-likeness (QED) is 0.494. The van der Waals surface area contributed by atoms with Crippen LogP contribution in [0.2, 0.25) is 0 Å². The fourth-order valence-corrected chi connectivity index (χ4v) is 3.80. The normalized spacial score (nSPS) is 12.9. The molecule has 0 fully saturated rings. The molecule has 0 saturated carbocycles. The number of amides is 3. The molecule has 7 nitrogen and oxygen atoms in total. The molecule has 2 N–H and O–H groups in total. The van der Waals surface area contributed by atoms with Crippen molar-refractivity contribution in [2.45, 2.75) is 58.8 Å². The highest BCUT2D eigenvalue weighted by molar-refractivity contribution is 7.80. The number of likely N-dealkylation sites (N-methyl/N-ethyl adjacent to an activating group) is 1. The van der Waals surface area contributed by atoms with Gasteiger partial charge in [0.2, 0.25) is 11.8 Å². The Hall–Kier alpha value is -3.00. The molecule has 0 saturated heterocycles. The van der Waals surface area contributed by atoms with E-state index in [1.54, 1.807) is 27.8 Å². The van der Waals surface area contributed by atoms with Crippen LogP contribution in [0.4, 0.5) is 4.79 Å². The number of alkyl carbamates (subject to hydrolysis) is 1. The SMILES string of the molecule is Cc1ccc(C(C(=O)NCc2ccccc2)N(C)C(=O)C(CS)NC(=O)OC(C)(C)C)c(C)c1. The van der Waals surface area contributed by atoms with E-state index in [0.717, 1.165) is 16.7 Å². The van der Waals surface area contributed by atoms with E-state index < -0.39 is 29.7 Å². The van der Waals surface area contributed by atoms with Crippen molar-refractivity contribution in [1.82, 2.24) is 15.5 Å². The molecule has 2 atom stereocenters. The number of thiol groups is 1. The molecule has 2 aromatic rings. The summed E-state index contributed by atoms with van der Waals surface area (Å²) in [6.07, 6.45) is -0.718. The Morgan fingerprint density at radius 1 is 1.06 bits per heavy atom. The van der Waals surface area contributed by atoms with E-state index in [4.69, 9.17) is 4.74 Å². The highest BCUT2D eigenvalue weighted by Crippen LogP contribution is 2.25. The average Bonchev–Trinajstić information content (AvgIpc) is 2.76. The molecule has 0 aliphatic carbocycles. The lowest BCUT2D eigenvalue weighted by molar-refractivity contribution is -0.140. The number of hydrogen-bond donors (Lipinski definition) is 3. The maximum Gasteiger partial charge on any atom is 0.408 e. The van der Waals surface area contributed by atoms with Crippen LogP contribution in [0.15, 0.2) is 48.5 Å². The van der Waals surface area contributed by atoms with E-state index in [2.05, 4.69) is 23.3 Å². The average molecular weight is 486 g/mol. The third kappa shape index (κ3) is 7.80. The minimum absolute atomic E-state index is 0.0493. The van der Waals surface area contributed by atoms with E-state index in [-0.39, 0.29) is 11.7 Å². The van der Waals surface area contributed by atoms with Gasteiger partial charge in [0, 0.05) is 19.3 Å². The van der Waals surface area contributed by atoms with Gasteiger partial charge in [0.15, 0.2) is 0 Å². The first-order valence-corrected chi connectivity index (χ1v) is 11.8. The van der Waals surface area contributed by atoms with Gasteiger partial charge in [-0.25, -0.2) is 4.79 Å². The Kier molecular flexibility index (Phi) is 9.55. The van der Waals surface area contributed by atoms with Gasteiger partial charge in [0.25, 0.3) is 0 Å². The van der Waals surface area contributed by atoms with E-state index in [1.165, 1.54) is 4.90 Å². The summed E-state index contributed by atoms with van der Waals surface area (Å²) in [5.41, 5.74) is 2.89. The number of carbonyl (C=O) groups is 3. The number of hydrogen-bond acceptors (Lipinski definition) is 5. The van der Waals surface area contributed by atoms with Crippen molar-refractivity contribution in [1.29, 1.82) is 0 Å². The molecule has 34 heavy (non-hydrogen) atoms. The van der Waals surface area contributed by atoms with E-state index in [1.807, 2.05) is 62.4 Å². The molecule has 0 bridgehead atoms. The molecule has 0 aromatic heterocycles. The molecule has 0 radical (unpaired) electrons. The summed E-state index contributed by atoms with van der Waals surface area (Å²) >= 11 is 4.25.